The van der Waals surface area contributed by atoms with E-state index < -0.39 is 0 Å². The summed E-state index contributed by atoms with van der Waals surface area (Å²) in [4.78, 5) is 16.7. The zero-order chi connectivity index (χ0) is 16.1. The maximum absolute atomic E-state index is 11.9. The fourth-order valence-corrected chi connectivity index (χ4v) is 3.39. The van der Waals surface area contributed by atoms with Crippen molar-refractivity contribution in [3.63, 3.8) is 0 Å². The lowest BCUT2D eigenvalue weighted by Crippen LogP contribution is -2.44. The summed E-state index contributed by atoms with van der Waals surface area (Å²) in [6, 6.07) is 8.81. The van der Waals surface area contributed by atoms with E-state index >= 15 is 0 Å². The second-order valence-electron chi connectivity index (χ2n) is 6.74. The molecule has 1 saturated heterocycles. The quantitative estimate of drug-likeness (QED) is 0.871. The van der Waals surface area contributed by atoms with E-state index in [2.05, 4.69) is 51.7 Å². The van der Waals surface area contributed by atoms with Crippen molar-refractivity contribution in [3.8, 4) is 0 Å². The molecule has 0 radical (unpaired) electrons. The fraction of sp³-hybridized carbons (Fsp3) is 0.611. The normalized spacial score (nSPS) is 19.8. The number of carbonyl (C=O) groups is 1. The van der Waals surface area contributed by atoms with E-state index in [1.807, 2.05) is 0 Å². The van der Waals surface area contributed by atoms with Gasteiger partial charge < -0.3 is 20.4 Å². The molecule has 1 aromatic carbocycles. The van der Waals surface area contributed by atoms with Gasteiger partial charge in [-0.15, -0.1) is 0 Å². The number of carbonyl (C=O) groups excluding carboxylic acids is 1. The predicted octanol–water partition coefficient (Wildman–Crippen LogP) is 1.91. The molecule has 0 unspecified atom stereocenters. The van der Waals surface area contributed by atoms with Crippen LogP contribution in [0.2, 0.25) is 0 Å². The van der Waals surface area contributed by atoms with Gasteiger partial charge in [-0.2, -0.15) is 0 Å². The molecule has 1 aromatic rings. The number of piperazine rings is 1. The number of likely N-dealkylation sites (N-methyl/N-ethyl adjacent to an activating group) is 1. The van der Waals surface area contributed by atoms with Crippen LogP contribution in [-0.4, -0.2) is 56.6 Å². The van der Waals surface area contributed by atoms with Gasteiger partial charge in [0.25, 0.3) is 0 Å². The zero-order valence-electron chi connectivity index (χ0n) is 14.1. The van der Waals surface area contributed by atoms with Crippen LogP contribution in [0.15, 0.2) is 24.3 Å². The Bertz CT molecular complexity index is 502. The van der Waals surface area contributed by atoms with E-state index in [0.717, 1.165) is 44.7 Å². The summed E-state index contributed by atoms with van der Waals surface area (Å²) in [6.45, 7) is 4.73. The second kappa shape index (κ2) is 7.68. The van der Waals surface area contributed by atoms with Crippen LogP contribution in [0.4, 0.5) is 11.4 Å². The van der Waals surface area contributed by atoms with Crippen molar-refractivity contribution in [2.24, 2.45) is 0 Å². The highest BCUT2D eigenvalue weighted by Gasteiger charge is 2.17. The molecule has 3 rings (SSSR count). The van der Waals surface area contributed by atoms with Gasteiger partial charge in [-0.1, -0.05) is 12.8 Å². The van der Waals surface area contributed by atoms with Gasteiger partial charge in [0, 0.05) is 43.6 Å². The smallest absolute Gasteiger partial charge is 0.239 e. The van der Waals surface area contributed by atoms with Gasteiger partial charge >= 0.3 is 0 Å². The largest absolute Gasteiger partial charge is 0.376 e. The minimum atomic E-state index is 0.0973. The van der Waals surface area contributed by atoms with Gasteiger partial charge in [-0.25, -0.2) is 0 Å². The first kappa shape index (κ1) is 16.1. The average molecular weight is 316 g/mol. The summed E-state index contributed by atoms with van der Waals surface area (Å²) in [6.07, 6.45) is 4.75. The molecule has 1 amide bonds. The number of rotatable bonds is 5. The minimum Gasteiger partial charge on any atom is -0.376 e. The summed E-state index contributed by atoms with van der Waals surface area (Å²) in [5, 5.41) is 6.32. The van der Waals surface area contributed by atoms with Gasteiger partial charge in [0.05, 0.1) is 6.54 Å². The lowest BCUT2D eigenvalue weighted by molar-refractivity contribution is -0.120. The van der Waals surface area contributed by atoms with E-state index in [9.17, 15) is 4.79 Å². The summed E-state index contributed by atoms with van der Waals surface area (Å²) in [5.41, 5.74) is 2.27. The number of hydrogen-bond acceptors (Lipinski definition) is 4. The maximum Gasteiger partial charge on any atom is 0.239 e. The third-order valence-corrected chi connectivity index (χ3v) is 4.91. The molecule has 1 heterocycles. The SMILES string of the molecule is CN1CCN(c2ccc(NCC(=O)NC3CCCC3)cc2)CC1. The molecule has 2 N–H and O–H groups in total. The topological polar surface area (TPSA) is 47.6 Å². The molecule has 0 bridgehead atoms. The molecule has 0 atom stereocenters. The Morgan fingerprint density at radius 3 is 2.39 bits per heavy atom. The van der Waals surface area contributed by atoms with Crippen molar-refractivity contribution in [3.05, 3.63) is 24.3 Å². The minimum absolute atomic E-state index is 0.0973. The van der Waals surface area contributed by atoms with Gasteiger partial charge in [-0.05, 0) is 44.2 Å². The standard InChI is InChI=1S/C18H28N4O/c1-21-10-12-22(13-11-21)17-8-6-15(7-9-17)19-14-18(23)20-16-4-2-3-5-16/h6-9,16,19H,2-5,10-14H2,1H3,(H,20,23). The number of anilines is 2. The predicted molar refractivity (Wildman–Crippen MR) is 95.0 cm³/mol. The number of amides is 1. The van der Waals surface area contributed by atoms with Crippen molar-refractivity contribution < 1.29 is 4.79 Å². The highest BCUT2D eigenvalue weighted by Crippen LogP contribution is 2.19. The van der Waals surface area contributed by atoms with Crippen LogP contribution < -0.4 is 15.5 Å². The summed E-state index contributed by atoms with van der Waals surface area (Å²) in [7, 11) is 2.17. The summed E-state index contributed by atoms with van der Waals surface area (Å²) < 4.78 is 0. The van der Waals surface area contributed by atoms with Gasteiger partial charge in [0.1, 0.15) is 0 Å². The second-order valence-corrected chi connectivity index (χ2v) is 6.74. The van der Waals surface area contributed by atoms with Gasteiger partial charge in [0.15, 0.2) is 0 Å². The van der Waals surface area contributed by atoms with E-state index in [1.54, 1.807) is 0 Å². The lowest BCUT2D eigenvalue weighted by Gasteiger charge is -2.34. The Balaban J connectivity index is 1.44. The summed E-state index contributed by atoms with van der Waals surface area (Å²) in [5.74, 6) is 0.0973. The number of benzene rings is 1. The molecule has 0 aromatic heterocycles. The van der Waals surface area contributed by atoms with Crippen LogP contribution in [0, 0.1) is 0 Å². The Morgan fingerprint density at radius 1 is 1.09 bits per heavy atom. The fourth-order valence-electron chi connectivity index (χ4n) is 3.39. The number of nitrogens with zero attached hydrogens (tertiary/aromatic N) is 2. The highest BCUT2D eigenvalue weighted by atomic mass is 16.1. The first-order chi connectivity index (χ1) is 11.2. The maximum atomic E-state index is 11.9. The van der Waals surface area contributed by atoms with Crippen molar-refractivity contribution >= 4 is 17.3 Å². The van der Waals surface area contributed by atoms with Crippen LogP contribution in [0.5, 0.6) is 0 Å². The Labute approximate surface area is 139 Å². The molecule has 0 spiro atoms. The van der Waals surface area contributed by atoms with Gasteiger partial charge in [-0.3, -0.25) is 4.79 Å². The van der Waals surface area contributed by atoms with Gasteiger partial charge in [0.2, 0.25) is 5.91 Å². The molecule has 2 aliphatic rings. The third-order valence-electron chi connectivity index (χ3n) is 4.91. The molecule has 5 heteroatoms. The molecule has 1 saturated carbocycles. The number of nitrogens with one attached hydrogen (secondary N) is 2. The van der Waals surface area contributed by atoms with Crippen molar-refractivity contribution in [2.45, 2.75) is 31.7 Å². The first-order valence-corrected chi connectivity index (χ1v) is 8.77. The molecular formula is C18H28N4O. The van der Waals surface area contributed by atoms with Crippen molar-refractivity contribution in [1.29, 1.82) is 0 Å². The third kappa shape index (κ3) is 4.61. The molecule has 5 nitrogen and oxygen atoms in total. The van der Waals surface area contributed by atoms with Crippen LogP contribution in [0.1, 0.15) is 25.7 Å². The Hall–Kier alpha value is -1.75. The van der Waals surface area contributed by atoms with E-state index in [0.29, 0.717) is 12.6 Å². The van der Waals surface area contributed by atoms with Crippen molar-refractivity contribution in [2.75, 3.05) is 50.0 Å². The van der Waals surface area contributed by atoms with Crippen molar-refractivity contribution in [1.82, 2.24) is 10.2 Å². The molecule has 2 fully saturated rings. The Kier molecular flexibility index (Phi) is 5.39. The van der Waals surface area contributed by atoms with Crippen LogP contribution in [-0.2, 0) is 4.79 Å². The average Bonchev–Trinajstić information content (AvgIpc) is 3.07. The van der Waals surface area contributed by atoms with E-state index in [4.69, 9.17) is 0 Å². The monoisotopic (exact) mass is 316 g/mol. The van der Waals surface area contributed by atoms with E-state index in [1.165, 1.54) is 18.5 Å². The highest BCUT2D eigenvalue weighted by molar-refractivity contribution is 5.81. The molecule has 1 aliphatic carbocycles. The van der Waals surface area contributed by atoms with E-state index in [-0.39, 0.29) is 5.91 Å². The van der Waals surface area contributed by atoms with Crippen LogP contribution in [0.25, 0.3) is 0 Å². The molecule has 1 aliphatic heterocycles. The van der Waals surface area contributed by atoms with Crippen LogP contribution >= 0.6 is 0 Å². The Morgan fingerprint density at radius 2 is 1.74 bits per heavy atom. The number of hydrogen-bond donors (Lipinski definition) is 2. The zero-order valence-corrected chi connectivity index (χ0v) is 14.1. The first-order valence-electron chi connectivity index (χ1n) is 8.77. The molecule has 126 valence electrons. The summed E-state index contributed by atoms with van der Waals surface area (Å²) >= 11 is 0. The molecule has 23 heavy (non-hydrogen) atoms. The molecular weight excluding hydrogens is 288 g/mol. The van der Waals surface area contributed by atoms with Crippen LogP contribution in [0.3, 0.4) is 0 Å². The lowest BCUT2D eigenvalue weighted by atomic mass is 10.2.